The van der Waals surface area contributed by atoms with Crippen molar-refractivity contribution in [2.75, 3.05) is 44.8 Å². The van der Waals surface area contributed by atoms with Gasteiger partial charge in [-0.3, -0.25) is 0 Å². The van der Waals surface area contributed by atoms with Gasteiger partial charge in [-0.15, -0.1) is 0 Å². The Balaban J connectivity index is 1.45. The fourth-order valence-corrected chi connectivity index (χ4v) is 2.95. The standard InChI is InChI=1S/C18H26N2O4/c21-18(20-7-10-22-11-8-20)19-16-5-3-4-15(12-16)13-23-14-17-6-1-2-9-24-17/h3-5,12,17H,1-2,6-11,13-14H2,(H,19,21). The molecule has 2 aliphatic heterocycles. The Kier molecular flexibility index (Phi) is 6.46. The quantitative estimate of drug-likeness (QED) is 0.899. The van der Waals surface area contributed by atoms with Gasteiger partial charge in [-0.2, -0.15) is 0 Å². The third-order valence-electron chi connectivity index (χ3n) is 4.32. The van der Waals surface area contributed by atoms with Crippen LogP contribution in [-0.2, 0) is 20.8 Å². The number of nitrogens with one attached hydrogen (secondary N) is 1. The number of hydrogen-bond donors (Lipinski definition) is 1. The summed E-state index contributed by atoms with van der Waals surface area (Å²) in [4.78, 5) is 14.0. The van der Waals surface area contributed by atoms with E-state index in [0.29, 0.717) is 39.5 Å². The maximum Gasteiger partial charge on any atom is 0.321 e. The van der Waals surface area contributed by atoms with Gasteiger partial charge in [0.05, 0.1) is 32.5 Å². The molecular weight excluding hydrogens is 308 g/mol. The Morgan fingerprint density at radius 1 is 1.25 bits per heavy atom. The molecule has 0 bridgehead atoms. The van der Waals surface area contributed by atoms with Crippen LogP contribution in [0.2, 0.25) is 0 Å². The largest absolute Gasteiger partial charge is 0.378 e. The minimum Gasteiger partial charge on any atom is -0.378 e. The molecular formula is C18H26N2O4. The average molecular weight is 334 g/mol. The van der Waals surface area contributed by atoms with Gasteiger partial charge in [0.1, 0.15) is 0 Å². The smallest absolute Gasteiger partial charge is 0.321 e. The minimum absolute atomic E-state index is 0.0769. The topological polar surface area (TPSA) is 60.0 Å². The summed E-state index contributed by atoms with van der Waals surface area (Å²) in [5.41, 5.74) is 1.84. The second-order valence-corrected chi connectivity index (χ2v) is 6.23. The van der Waals surface area contributed by atoms with Crippen molar-refractivity contribution in [2.45, 2.75) is 32.0 Å². The number of morpholine rings is 1. The van der Waals surface area contributed by atoms with Crippen molar-refractivity contribution in [2.24, 2.45) is 0 Å². The van der Waals surface area contributed by atoms with Crippen LogP contribution < -0.4 is 5.32 Å². The van der Waals surface area contributed by atoms with Gasteiger partial charge in [0, 0.05) is 25.4 Å². The number of ether oxygens (including phenoxy) is 3. The van der Waals surface area contributed by atoms with E-state index < -0.39 is 0 Å². The Labute approximate surface area is 143 Å². The van der Waals surface area contributed by atoms with Crippen LogP contribution in [0.15, 0.2) is 24.3 Å². The molecule has 0 aromatic heterocycles. The van der Waals surface area contributed by atoms with Crippen molar-refractivity contribution in [1.82, 2.24) is 4.90 Å². The van der Waals surface area contributed by atoms with Crippen molar-refractivity contribution >= 4 is 11.7 Å². The average Bonchev–Trinajstić information content (AvgIpc) is 2.64. The second kappa shape index (κ2) is 9.01. The van der Waals surface area contributed by atoms with Crippen molar-refractivity contribution in [3.05, 3.63) is 29.8 Å². The van der Waals surface area contributed by atoms with E-state index in [4.69, 9.17) is 14.2 Å². The zero-order valence-corrected chi connectivity index (χ0v) is 14.0. The summed E-state index contributed by atoms with van der Waals surface area (Å²) in [5, 5.41) is 2.94. The number of carbonyl (C=O) groups excluding carboxylic acids is 1. The summed E-state index contributed by atoms with van der Waals surface area (Å²) >= 11 is 0. The number of urea groups is 1. The van der Waals surface area contributed by atoms with E-state index in [0.717, 1.165) is 30.7 Å². The van der Waals surface area contributed by atoms with E-state index in [-0.39, 0.29) is 12.1 Å². The number of hydrogen-bond acceptors (Lipinski definition) is 4. The molecule has 1 unspecified atom stereocenters. The summed E-state index contributed by atoms with van der Waals surface area (Å²) in [6.45, 7) is 4.48. The fraction of sp³-hybridized carbons (Fsp3) is 0.611. The highest BCUT2D eigenvalue weighted by Gasteiger charge is 2.17. The van der Waals surface area contributed by atoms with Gasteiger partial charge >= 0.3 is 6.03 Å². The van der Waals surface area contributed by atoms with Crippen LogP contribution in [-0.4, -0.2) is 56.6 Å². The Morgan fingerprint density at radius 2 is 2.12 bits per heavy atom. The summed E-state index contributed by atoms with van der Waals surface area (Å²) < 4.78 is 16.7. The lowest BCUT2D eigenvalue weighted by Crippen LogP contribution is -2.43. The predicted octanol–water partition coefficient (Wildman–Crippen LogP) is 2.64. The third-order valence-corrected chi connectivity index (χ3v) is 4.32. The van der Waals surface area contributed by atoms with Gasteiger partial charge in [-0.05, 0) is 37.0 Å². The molecule has 1 aromatic rings. The number of carbonyl (C=O) groups is 1. The predicted molar refractivity (Wildman–Crippen MR) is 91.1 cm³/mol. The fourth-order valence-electron chi connectivity index (χ4n) is 2.95. The van der Waals surface area contributed by atoms with Crippen LogP contribution >= 0.6 is 0 Å². The summed E-state index contributed by atoms with van der Waals surface area (Å²) in [7, 11) is 0. The molecule has 0 aliphatic carbocycles. The first-order valence-corrected chi connectivity index (χ1v) is 8.73. The van der Waals surface area contributed by atoms with E-state index in [1.807, 2.05) is 24.3 Å². The molecule has 2 amide bonds. The lowest BCUT2D eigenvalue weighted by atomic mass is 10.1. The molecule has 2 heterocycles. The molecule has 0 saturated carbocycles. The Bertz CT molecular complexity index is 526. The van der Waals surface area contributed by atoms with Crippen molar-refractivity contribution < 1.29 is 19.0 Å². The first-order chi connectivity index (χ1) is 11.8. The maximum atomic E-state index is 12.2. The van der Waals surface area contributed by atoms with Crippen LogP contribution in [0.3, 0.4) is 0 Å². The third kappa shape index (κ3) is 5.19. The summed E-state index contributed by atoms with van der Waals surface area (Å²) in [6.07, 6.45) is 3.68. The highest BCUT2D eigenvalue weighted by Crippen LogP contribution is 2.15. The van der Waals surface area contributed by atoms with Gasteiger partial charge < -0.3 is 24.4 Å². The van der Waals surface area contributed by atoms with Crippen LogP contribution in [0, 0.1) is 0 Å². The van der Waals surface area contributed by atoms with E-state index in [1.165, 1.54) is 6.42 Å². The van der Waals surface area contributed by atoms with Crippen LogP contribution in [0.5, 0.6) is 0 Å². The molecule has 3 rings (SSSR count). The number of nitrogens with zero attached hydrogens (tertiary/aromatic N) is 1. The van der Waals surface area contributed by atoms with Gasteiger partial charge in [0.15, 0.2) is 0 Å². The molecule has 2 saturated heterocycles. The maximum absolute atomic E-state index is 12.2. The van der Waals surface area contributed by atoms with Crippen molar-refractivity contribution in [3.8, 4) is 0 Å². The highest BCUT2D eigenvalue weighted by molar-refractivity contribution is 5.89. The van der Waals surface area contributed by atoms with E-state index in [2.05, 4.69) is 5.32 Å². The lowest BCUT2D eigenvalue weighted by Gasteiger charge is -2.27. The first kappa shape index (κ1) is 17.2. The number of rotatable bonds is 5. The van der Waals surface area contributed by atoms with Gasteiger partial charge in [-0.1, -0.05) is 12.1 Å². The second-order valence-electron chi connectivity index (χ2n) is 6.23. The Morgan fingerprint density at radius 3 is 2.92 bits per heavy atom. The monoisotopic (exact) mass is 334 g/mol. The number of anilines is 1. The van der Waals surface area contributed by atoms with E-state index in [9.17, 15) is 4.79 Å². The molecule has 24 heavy (non-hydrogen) atoms. The molecule has 0 radical (unpaired) electrons. The van der Waals surface area contributed by atoms with Gasteiger partial charge in [0.2, 0.25) is 0 Å². The SMILES string of the molecule is O=C(Nc1cccc(COCC2CCCCO2)c1)N1CCOCC1. The number of amides is 2. The zero-order chi connectivity index (χ0) is 16.6. The van der Waals surface area contributed by atoms with Crippen LogP contribution in [0.1, 0.15) is 24.8 Å². The molecule has 132 valence electrons. The van der Waals surface area contributed by atoms with E-state index in [1.54, 1.807) is 4.90 Å². The molecule has 0 spiro atoms. The lowest BCUT2D eigenvalue weighted by molar-refractivity contribution is -0.0447. The van der Waals surface area contributed by atoms with Crippen LogP contribution in [0.25, 0.3) is 0 Å². The van der Waals surface area contributed by atoms with Crippen molar-refractivity contribution in [3.63, 3.8) is 0 Å². The molecule has 1 aromatic carbocycles. The number of benzene rings is 1. The molecule has 2 fully saturated rings. The first-order valence-electron chi connectivity index (χ1n) is 8.73. The molecule has 1 atom stereocenters. The highest BCUT2D eigenvalue weighted by atomic mass is 16.5. The summed E-state index contributed by atoms with van der Waals surface area (Å²) in [5.74, 6) is 0. The van der Waals surface area contributed by atoms with Gasteiger partial charge in [-0.25, -0.2) is 4.79 Å². The summed E-state index contributed by atoms with van der Waals surface area (Å²) in [6, 6.07) is 7.72. The Hall–Kier alpha value is -1.63. The van der Waals surface area contributed by atoms with Crippen molar-refractivity contribution in [1.29, 1.82) is 0 Å². The molecule has 2 aliphatic rings. The van der Waals surface area contributed by atoms with Gasteiger partial charge in [0.25, 0.3) is 0 Å². The zero-order valence-electron chi connectivity index (χ0n) is 14.0. The molecule has 6 nitrogen and oxygen atoms in total. The minimum atomic E-state index is -0.0769. The van der Waals surface area contributed by atoms with E-state index >= 15 is 0 Å². The van der Waals surface area contributed by atoms with Crippen LogP contribution in [0.4, 0.5) is 10.5 Å². The molecule has 1 N–H and O–H groups in total. The normalized spacial score (nSPS) is 21.5. The molecule has 6 heteroatoms.